The molecule has 0 aromatic carbocycles. The Balaban J connectivity index is 2.22. The molecule has 1 aliphatic carbocycles. The minimum atomic E-state index is 0.588. The van der Waals surface area contributed by atoms with E-state index in [0.717, 1.165) is 24.6 Å². The number of nitrogens with two attached hydrogens (primary N) is 1. The highest BCUT2D eigenvalue weighted by Crippen LogP contribution is 2.31. The molecule has 1 fully saturated rings. The van der Waals surface area contributed by atoms with Gasteiger partial charge < -0.3 is 15.1 Å². The molecule has 0 atom stereocenters. The molecule has 1 aliphatic rings. The second-order valence-corrected chi connectivity index (χ2v) is 4.44. The van der Waals surface area contributed by atoms with E-state index in [2.05, 4.69) is 20.3 Å². The van der Waals surface area contributed by atoms with Crippen LogP contribution in [0.5, 0.6) is 0 Å². The molecule has 6 nitrogen and oxygen atoms in total. The third kappa shape index (κ3) is 3.08. The summed E-state index contributed by atoms with van der Waals surface area (Å²) in [4.78, 5) is 11.2. The Hall–Kier alpha value is -1.40. The van der Waals surface area contributed by atoms with Crippen LogP contribution >= 0.6 is 0 Å². The van der Waals surface area contributed by atoms with Crippen LogP contribution in [-0.4, -0.2) is 36.3 Å². The van der Waals surface area contributed by atoms with Crippen molar-refractivity contribution in [2.45, 2.75) is 32.2 Å². The van der Waals surface area contributed by atoms with Gasteiger partial charge in [0.1, 0.15) is 17.5 Å². The summed E-state index contributed by atoms with van der Waals surface area (Å²) in [5.74, 6) is 7.87. The van der Waals surface area contributed by atoms with Gasteiger partial charge in [-0.25, -0.2) is 15.8 Å². The van der Waals surface area contributed by atoms with Crippen LogP contribution in [0.2, 0.25) is 0 Å². The Morgan fingerprint density at radius 3 is 2.83 bits per heavy atom. The first-order valence-corrected chi connectivity index (χ1v) is 6.38. The molecule has 3 N–H and O–H groups in total. The highest BCUT2D eigenvalue weighted by atomic mass is 16.5. The maximum atomic E-state index is 5.45. The van der Waals surface area contributed by atoms with E-state index in [0.29, 0.717) is 18.5 Å². The average Bonchev–Trinajstić information content (AvgIpc) is 3.23. The van der Waals surface area contributed by atoms with E-state index < -0.39 is 0 Å². The third-order valence-electron chi connectivity index (χ3n) is 3.04. The smallest absolute Gasteiger partial charge is 0.145 e. The molecule has 100 valence electrons. The Labute approximate surface area is 108 Å². The average molecular weight is 251 g/mol. The fraction of sp³-hybridized carbons (Fsp3) is 0.667. The number of nitrogen functional groups attached to an aromatic ring is 1. The van der Waals surface area contributed by atoms with E-state index in [1.807, 2.05) is 13.0 Å². The lowest BCUT2D eigenvalue weighted by Crippen LogP contribution is -2.30. The van der Waals surface area contributed by atoms with Crippen LogP contribution in [0.1, 0.15) is 25.6 Å². The number of ether oxygens (including phenoxy) is 1. The summed E-state index contributed by atoms with van der Waals surface area (Å²) in [6, 6.07) is 2.48. The van der Waals surface area contributed by atoms with Crippen LogP contribution in [0, 0.1) is 0 Å². The van der Waals surface area contributed by atoms with Gasteiger partial charge in [0.05, 0.1) is 6.61 Å². The maximum Gasteiger partial charge on any atom is 0.145 e. The number of aromatic nitrogens is 2. The number of rotatable bonds is 7. The Morgan fingerprint density at radius 2 is 2.28 bits per heavy atom. The van der Waals surface area contributed by atoms with Gasteiger partial charge in [0.2, 0.25) is 0 Å². The number of methoxy groups -OCH3 is 1. The zero-order valence-corrected chi connectivity index (χ0v) is 11.0. The number of anilines is 2. The number of aryl methyl sites for hydroxylation is 1. The highest BCUT2D eigenvalue weighted by Gasteiger charge is 2.30. The third-order valence-corrected chi connectivity index (χ3v) is 3.04. The number of nitrogens with zero attached hydrogens (tertiary/aromatic N) is 3. The molecule has 0 spiro atoms. The lowest BCUT2D eigenvalue weighted by molar-refractivity contribution is 0.204. The van der Waals surface area contributed by atoms with Crippen molar-refractivity contribution in [1.29, 1.82) is 0 Å². The zero-order valence-electron chi connectivity index (χ0n) is 11.0. The SMILES string of the molecule is CCc1nc(NN)cc(N(CCOC)C2CC2)n1. The molecule has 1 heterocycles. The first-order chi connectivity index (χ1) is 8.78. The normalized spacial score (nSPS) is 14.6. The standard InChI is InChI=1S/C12H21N5O/c1-3-10-14-11(16-13)8-12(15-10)17(6-7-18-2)9-4-5-9/h8-9H,3-7,13H2,1-2H3,(H,14,15,16). The quantitative estimate of drug-likeness (QED) is 0.555. The van der Waals surface area contributed by atoms with Crippen LogP contribution in [0.4, 0.5) is 11.6 Å². The van der Waals surface area contributed by atoms with Crippen LogP contribution in [-0.2, 0) is 11.2 Å². The summed E-state index contributed by atoms with van der Waals surface area (Å²) in [5.41, 5.74) is 2.60. The van der Waals surface area contributed by atoms with Crippen molar-refractivity contribution in [1.82, 2.24) is 9.97 Å². The minimum Gasteiger partial charge on any atom is -0.383 e. The van der Waals surface area contributed by atoms with E-state index in [4.69, 9.17) is 10.6 Å². The lowest BCUT2D eigenvalue weighted by Gasteiger charge is -2.23. The number of hydrogen-bond acceptors (Lipinski definition) is 6. The molecule has 0 bridgehead atoms. The van der Waals surface area contributed by atoms with E-state index in [-0.39, 0.29) is 0 Å². The van der Waals surface area contributed by atoms with Gasteiger partial charge in [-0.3, -0.25) is 0 Å². The van der Waals surface area contributed by atoms with Crippen molar-refractivity contribution in [2.75, 3.05) is 30.6 Å². The molecule has 0 unspecified atom stereocenters. The van der Waals surface area contributed by atoms with Crippen LogP contribution in [0.15, 0.2) is 6.07 Å². The van der Waals surface area contributed by atoms with Crippen molar-refractivity contribution in [3.8, 4) is 0 Å². The van der Waals surface area contributed by atoms with Gasteiger partial charge in [-0.05, 0) is 12.8 Å². The molecule has 1 saturated carbocycles. The molecule has 1 aromatic heterocycles. The van der Waals surface area contributed by atoms with Gasteiger partial charge in [0.15, 0.2) is 0 Å². The monoisotopic (exact) mass is 251 g/mol. The van der Waals surface area contributed by atoms with Crippen molar-refractivity contribution in [3.05, 3.63) is 11.9 Å². The Morgan fingerprint density at radius 1 is 1.50 bits per heavy atom. The van der Waals surface area contributed by atoms with Gasteiger partial charge in [0.25, 0.3) is 0 Å². The van der Waals surface area contributed by atoms with E-state index in [1.165, 1.54) is 12.8 Å². The van der Waals surface area contributed by atoms with Crippen LogP contribution in [0.25, 0.3) is 0 Å². The van der Waals surface area contributed by atoms with E-state index in [1.54, 1.807) is 7.11 Å². The van der Waals surface area contributed by atoms with Crippen molar-refractivity contribution in [3.63, 3.8) is 0 Å². The Kier molecular flexibility index (Phi) is 4.33. The fourth-order valence-corrected chi connectivity index (χ4v) is 1.92. The number of hydrogen-bond donors (Lipinski definition) is 2. The summed E-state index contributed by atoms with van der Waals surface area (Å²) in [6.45, 7) is 3.59. The molecular weight excluding hydrogens is 230 g/mol. The molecule has 0 amide bonds. The van der Waals surface area contributed by atoms with Crippen molar-refractivity contribution < 1.29 is 4.74 Å². The van der Waals surface area contributed by atoms with Crippen molar-refractivity contribution in [2.24, 2.45) is 5.84 Å². The summed E-state index contributed by atoms with van der Waals surface area (Å²) in [7, 11) is 1.72. The van der Waals surface area contributed by atoms with Gasteiger partial charge in [0, 0.05) is 32.2 Å². The highest BCUT2D eigenvalue weighted by molar-refractivity contribution is 5.50. The summed E-state index contributed by atoms with van der Waals surface area (Å²) < 4.78 is 5.16. The summed E-state index contributed by atoms with van der Waals surface area (Å²) in [6.07, 6.45) is 3.24. The molecule has 1 aromatic rings. The fourth-order valence-electron chi connectivity index (χ4n) is 1.92. The predicted octanol–water partition coefficient (Wildman–Crippen LogP) is 0.940. The molecule has 0 radical (unpaired) electrons. The molecule has 18 heavy (non-hydrogen) atoms. The predicted molar refractivity (Wildman–Crippen MR) is 71.5 cm³/mol. The second-order valence-electron chi connectivity index (χ2n) is 4.44. The van der Waals surface area contributed by atoms with Crippen LogP contribution in [0.3, 0.4) is 0 Å². The first kappa shape index (κ1) is 13.0. The van der Waals surface area contributed by atoms with Crippen molar-refractivity contribution >= 4 is 11.6 Å². The van der Waals surface area contributed by atoms with E-state index >= 15 is 0 Å². The van der Waals surface area contributed by atoms with Gasteiger partial charge in [-0.15, -0.1) is 0 Å². The maximum absolute atomic E-state index is 5.45. The second kappa shape index (κ2) is 5.97. The van der Waals surface area contributed by atoms with E-state index in [9.17, 15) is 0 Å². The molecular formula is C12H21N5O. The Bertz CT molecular complexity index is 372. The minimum absolute atomic E-state index is 0.588. The summed E-state index contributed by atoms with van der Waals surface area (Å²) >= 11 is 0. The lowest BCUT2D eigenvalue weighted by atomic mass is 10.3. The molecule has 6 heteroatoms. The number of hydrazine groups is 1. The zero-order chi connectivity index (χ0) is 13.0. The number of nitrogens with one attached hydrogen (secondary N) is 1. The van der Waals surface area contributed by atoms with Gasteiger partial charge in [-0.1, -0.05) is 6.92 Å². The summed E-state index contributed by atoms with van der Waals surface area (Å²) in [5, 5.41) is 0. The molecule has 2 rings (SSSR count). The van der Waals surface area contributed by atoms with Crippen LogP contribution < -0.4 is 16.2 Å². The van der Waals surface area contributed by atoms with Gasteiger partial charge in [-0.2, -0.15) is 0 Å². The molecule has 0 aliphatic heterocycles. The molecule has 0 saturated heterocycles. The van der Waals surface area contributed by atoms with Gasteiger partial charge >= 0.3 is 0 Å². The largest absolute Gasteiger partial charge is 0.383 e. The topological polar surface area (TPSA) is 76.3 Å². The first-order valence-electron chi connectivity index (χ1n) is 6.38.